The lowest BCUT2D eigenvalue weighted by Crippen LogP contribution is -2.04. The Morgan fingerprint density at radius 1 is 0.897 bits per heavy atom. The van der Waals surface area contributed by atoms with Crippen LogP contribution < -0.4 is 0 Å². The molecule has 0 aliphatic heterocycles. The first-order chi connectivity index (χ1) is 14.2. The van der Waals surface area contributed by atoms with E-state index >= 15 is 0 Å². The fraction of sp³-hybridized carbons (Fsp3) is 0.0870. The Hall–Kier alpha value is -3.43. The molecule has 0 radical (unpaired) electrons. The Morgan fingerprint density at radius 3 is 2.38 bits per heavy atom. The molecule has 0 saturated heterocycles. The third-order valence-corrected chi connectivity index (χ3v) is 5.51. The minimum absolute atomic E-state index is 0.286. The van der Waals surface area contributed by atoms with E-state index < -0.39 is 0 Å². The lowest BCUT2D eigenvalue weighted by atomic mass is 10.1. The highest BCUT2D eigenvalue weighted by molar-refractivity contribution is 7.98. The standard InChI is InChI=1S/C23H17FN4S/c24-21-12-10-18(11-13-21)22-26-27-23(28(22)15-17-6-2-1-3-7-17)29-16-20-9-5-4-8-19(20)14-25/h1-13H,15-16H2. The number of benzene rings is 3. The molecule has 1 aromatic heterocycles. The third-order valence-electron chi connectivity index (χ3n) is 4.50. The maximum atomic E-state index is 13.4. The highest BCUT2D eigenvalue weighted by Crippen LogP contribution is 2.28. The van der Waals surface area contributed by atoms with Crippen LogP contribution in [-0.4, -0.2) is 14.8 Å². The molecule has 6 heteroatoms. The SMILES string of the molecule is N#Cc1ccccc1CSc1nnc(-c2ccc(F)cc2)n1Cc1ccccc1. The molecule has 0 unspecified atom stereocenters. The first-order valence-electron chi connectivity index (χ1n) is 9.08. The molecule has 0 N–H and O–H groups in total. The minimum Gasteiger partial charge on any atom is -0.298 e. The summed E-state index contributed by atoms with van der Waals surface area (Å²) in [5.41, 5.74) is 3.54. The second kappa shape index (κ2) is 8.72. The molecule has 0 bridgehead atoms. The smallest absolute Gasteiger partial charge is 0.192 e. The average molecular weight is 400 g/mol. The van der Waals surface area contributed by atoms with E-state index in [1.54, 1.807) is 12.1 Å². The lowest BCUT2D eigenvalue weighted by molar-refractivity contribution is 0.628. The van der Waals surface area contributed by atoms with Crippen molar-refractivity contribution in [3.05, 3.63) is 101 Å². The van der Waals surface area contributed by atoms with Crippen molar-refractivity contribution < 1.29 is 4.39 Å². The zero-order chi connectivity index (χ0) is 20.1. The zero-order valence-corrected chi connectivity index (χ0v) is 16.3. The summed E-state index contributed by atoms with van der Waals surface area (Å²) < 4.78 is 15.4. The molecule has 0 aliphatic rings. The summed E-state index contributed by atoms with van der Waals surface area (Å²) in [6.07, 6.45) is 0. The van der Waals surface area contributed by atoms with Crippen LogP contribution >= 0.6 is 11.8 Å². The number of hydrogen-bond donors (Lipinski definition) is 0. The van der Waals surface area contributed by atoms with Crippen molar-refractivity contribution in [2.75, 3.05) is 0 Å². The number of thioether (sulfide) groups is 1. The number of nitriles is 1. The van der Waals surface area contributed by atoms with Crippen LogP contribution in [0, 0.1) is 17.1 Å². The molecule has 142 valence electrons. The molecule has 0 spiro atoms. The lowest BCUT2D eigenvalue weighted by Gasteiger charge is -2.11. The van der Waals surface area contributed by atoms with Crippen LogP contribution in [0.1, 0.15) is 16.7 Å². The molecule has 4 rings (SSSR count). The largest absolute Gasteiger partial charge is 0.298 e. The predicted molar refractivity (Wildman–Crippen MR) is 112 cm³/mol. The third kappa shape index (κ3) is 4.36. The minimum atomic E-state index is -0.286. The first kappa shape index (κ1) is 18.9. The molecule has 1 heterocycles. The molecule has 3 aromatic carbocycles. The highest BCUT2D eigenvalue weighted by Gasteiger charge is 2.16. The van der Waals surface area contributed by atoms with Gasteiger partial charge in [0.25, 0.3) is 0 Å². The van der Waals surface area contributed by atoms with Gasteiger partial charge >= 0.3 is 0 Å². The van der Waals surface area contributed by atoms with Crippen LogP contribution in [0.3, 0.4) is 0 Å². The van der Waals surface area contributed by atoms with Crippen molar-refractivity contribution >= 4 is 11.8 Å². The average Bonchev–Trinajstić information content (AvgIpc) is 3.16. The van der Waals surface area contributed by atoms with E-state index in [0.29, 0.717) is 23.7 Å². The summed E-state index contributed by atoms with van der Waals surface area (Å²) in [6, 6.07) is 26.1. The fourth-order valence-electron chi connectivity index (χ4n) is 3.01. The highest BCUT2D eigenvalue weighted by atomic mass is 32.2. The number of rotatable bonds is 6. The molecule has 4 aromatic rings. The number of aromatic nitrogens is 3. The van der Waals surface area contributed by atoms with Gasteiger partial charge in [-0.15, -0.1) is 10.2 Å². The van der Waals surface area contributed by atoms with E-state index in [1.165, 1.54) is 23.9 Å². The van der Waals surface area contributed by atoms with Crippen LogP contribution in [0.5, 0.6) is 0 Å². The second-order valence-electron chi connectivity index (χ2n) is 6.44. The van der Waals surface area contributed by atoms with Crippen LogP contribution in [0.15, 0.2) is 84.0 Å². The normalized spacial score (nSPS) is 10.6. The monoisotopic (exact) mass is 400 g/mol. The summed E-state index contributed by atoms with van der Waals surface area (Å²) in [4.78, 5) is 0. The summed E-state index contributed by atoms with van der Waals surface area (Å²) in [6.45, 7) is 0.600. The second-order valence-corrected chi connectivity index (χ2v) is 7.38. The van der Waals surface area contributed by atoms with Crippen molar-refractivity contribution in [3.63, 3.8) is 0 Å². The number of halogens is 1. The van der Waals surface area contributed by atoms with Gasteiger partial charge in [-0.05, 0) is 41.5 Å². The number of hydrogen-bond acceptors (Lipinski definition) is 4. The molecular formula is C23H17FN4S. The maximum Gasteiger partial charge on any atom is 0.192 e. The quantitative estimate of drug-likeness (QED) is 0.412. The van der Waals surface area contributed by atoms with Gasteiger partial charge < -0.3 is 0 Å². The van der Waals surface area contributed by atoms with Gasteiger partial charge in [0.05, 0.1) is 18.2 Å². The molecular weight excluding hydrogens is 383 g/mol. The van der Waals surface area contributed by atoms with E-state index in [9.17, 15) is 9.65 Å². The van der Waals surface area contributed by atoms with Gasteiger partial charge in [-0.1, -0.05) is 60.3 Å². The molecule has 0 amide bonds. The molecule has 0 saturated carbocycles. The molecule has 0 aliphatic carbocycles. The van der Waals surface area contributed by atoms with Gasteiger partial charge in [-0.2, -0.15) is 5.26 Å². The molecule has 0 atom stereocenters. The Labute approximate surface area is 172 Å². The van der Waals surface area contributed by atoms with Crippen LogP contribution in [0.2, 0.25) is 0 Å². The van der Waals surface area contributed by atoms with E-state index in [-0.39, 0.29) is 5.82 Å². The maximum absolute atomic E-state index is 13.4. The van der Waals surface area contributed by atoms with Crippen molar-refractivity contribution in [2.24, 2.45) is 0 Å². The van der Waals surface area contributed by atoms with E-state index in [0.717, 1.165) is 21.8 Å². The number of nitrogens with zero attached hydrogens (tertiary/aromatic N) is 4. The van der Waals surface area contributed by atoms with Gasteiger partial charge in [0.2, 0.25) is 0 Å². The Kier molecular flexibility index (Phi) is 5.68. The summed E-state index contributed by atoms with van der Waals surface area (Å²) in [7, 11) is 0. The van der Waals surface area contributed by atoms with Gasteiger partial charge in [0.1, 0.15) is 5.82 Å². The Bertz CT molecular complexity index is 1150. The molecule has 4 nitrogen and oxygen atoms in total. The van der Waals surface area contributed by atoms with Gasteiger partial charge in [0, 0.05) is 11.3 Å². The Balaban J connectivity index is 1.67. The van der Waals surface area contributed by atoms with Gasteiger partial charge in [0.15, 0.2) is 11.0 Å². The first-order valence-corrected chi connectivity index (χ1v) is 10.1. The Morgan fingerprint density at radius 2 is 1.62 bits per heavy atom. The van der Waals surface area contributed by atoms with E-state index in [4.69, 9.17) is 0 Å². The zero-order valence-electron chi connectivity index (χ0n) is 15.5. The summed E-state index contributed by atoms with van der Waals surface area (Å²) >= 11 is 1.53. The van der Waals surface area contributed by atoms with Gasteiger partial charge in [-0.3, -0.25) is 4.57 Å². The van der Waals surface area contributed by atoms with E-state index in [1.807, 2.05) is 59.2 Å². The van der Waals surface area contributed by atoms with E-state index in [2.05, 4.69) is 16.3 Å². The van der Waals surface area contributed by atoms with Crippen molar-refractivity contribution in [2.45, 2.75) is 17.5 Å². The van der Waals surface area contributed by atoms with Crippen molar-refractivity contribution in [1.29, 1.82) is 5.26 Å². The summed E-state index contributed by atoms with van der Waals surface area (Å²) in [5, 5.41) is 18.8. The van der Waals surface area contributed by atoms with Crippen LogP contribution in [0.25, 0.3) is 11.4 Å². The van der Waals surface area contributed by atoms with Crippen molar-refractivity contribution in [3.8, 4) is 17.5 Å². The van der Waals surface area contributed by atoms with Crippen LogP contribution in [0.4, 0.5) is 4.39 Å². The van der Waals surface area contributed by atoms with Gasteiger partial charge in [-0.25, -0.2) is 4.39 Å². The summed E-state index contributed by atoms with van der Waals surface area (Å²) in [5.74, 6) is 1.01. The molecule has 29 heavy (non-hydrogen) atoms. The predicted octanol–water partition coefficient (Wildman–Crippen LogP) is 5.30. The van der Waals surface area contributed by atoms with Crippen molar-refractivity contribution in [1.82, 2.24) is 14.8 Å². The fourth-order valence-corrected chi connectivity index (χ4v) is 3.96. The topological polar surface area (TPSA) is 54.5 Å². The molecule has 0 fully saturated rings. The van der Waals surface area contributed by atoms with Crippen LogP contribution in [-0.2, 0) is 12.3 Å².